The standard InChI is InChI=1S/C16H17Br2FN2/c1-2-5-21-16(7-11-6-13(18)10-20-9-11)14-8-12(17)3-4-15(14)19/h3-4,6,8-10,16,21H,2,5,7H2,1H3. The minimum absolute atomic E-state index is 0.0708. The smallest absolute Gasteiger partial charge is 0.128 e. The molecule has 0 aliphatic heterocycles. The van der Waals surface area contributed by atoms with Crippen molar-refractivity contribution in [3.05, 3.63) is 62.5 Å². The fourth-order valence-corrected chi connectivity index (χ4v) is 2.99. The summed E-state index contributed by atoms with van der Waals surface area (Å²) in [6.45, 7) is 2.94. The molecule has 1 atom stereocenters. The van der Waals surface area contributed by atoms with Crippen LogP contribution in [0.15, 0.2) is 45.6 Å². The number of hydrogen-bond acceptors (Lipinski definition) is 2. The Morgan fingerprint density at radius 3 is 2.71 bits per heavy atom. The second-order valence-electron chi connectivity index (χ2n) is 4.89. The van der Waals surface area contributed by atoms with Gasteiger partial charge in [0.1, 0.15) is 5.82 Å². The van der Waals surface area contributed by atoms with E-state index < -0.39 is 0 Å². The van der Waals surface area contributed by atoms with Gasteiger partial charge in [0.15, 0.2) is 0 Å². The van der Waals surface area contributed by atoms with Crippen molar-refractivity contribution >= 4 is 31.9 Å². The summed E-state index contributed by atoms with van der Waals surface area (Å²) in [5, 5.41) is 3.42. The third-order valence-corrected chi connectivity index (χ3v) is 4.10. The van der Waals surface area contributed by atoms with Gasteiger partial charge in [0, 0.05) is 32.9 Å². The predicted octanol–water partition coefficient (Wildman–Crippen LogP) is 5.03. The van der Waals surface area contributed by atoms with Gasteiger partial charge in [-0.3, -0.25) is 4.98 Å². The van der Waals surface area contributed by atoms with Gasteiger partial charge in [-0.1, -0.05) is 22.9 Å². The van der Waals surface area contributed by atoms with E-state index in [1.807, 2.05) is 18.3 Å². The lowest BCUT2D eigenvalue weighted by Crippen LogP contribution is -2.25. The average Bonchev–Trinajstić information content (AvgIpc) is 2.46. The normalized spacial score (nSPS) is 12.4. The SMILES string of the molecule is CCCNC(Cc1cncc(Br)c1)c1cc(Br)ccc1F. The van der Waals surface area contributed by atoms with Gasteiger partial charge in [-0.2, -0.15) is 0 Å². The summed E-state index contributed by atoms with van der Waals surface area (Å²) in [5.74, 6) is -0.185. The molecule has 0 saturated carbocycles. The zero-order valence-corrected chi connectivity index (χ0v) is 14.9. The number of halogens is 3. The summed E-state index contributed by atoms with van der Waals surface area (Å²) in [5.41, 5.74) is 1.75. The van der Waals surface area contributed by atoms with Gasteiger partial charge in [-0.15, -0.1) is 0 Å². The Morgan fingerprint density at radius 1 is 1.19 bits per heavy atom. The monoisotopic (exact) mass is 414 g/mol. The topological polar surface area (TPSA) is 24.9 Å². The van der Waals surface area contributed by atoms with Crippen LogP contribution in [0, 0.1) is 5.82 Å². The van der Waals surface area contributed by atoms with Gasteiger partial charge in [0.2, 0.25) is 0 Å². The summed E-state index contributed by atoms with van der Waals surface area (Å²) in [4.78, 5) is 4.17. The zero-order chi connectivity index (χ0) is 15.2. The highest BCUT2D eigenvalue weighted by Crippen LogP contribution is 2.25. The molecule has 1 N–H and O–H groups in total. The lowest BCUT2D eigenvalue weighted by molar-refractivity contribution is 0.496. The molecule has 0 aliphatic carbocycles. The maximum atomic E-state index is 14.1. The van der Waals surface area contributed by atoms with Crippen molar-refractivity contribution in [1.82, 2.24) is 10.3 Å². The molecule has 21 heavy (non-hydrogen) atoms. The van der Waals surface area contributed by atoms with Crippen LogP contribution in [0.4, 0.5) is 4.39 Å². The van der Waals surface area contributed by atoms with Crippen molar-refractivity contribution < 1.29 is 4.39 Å². The lowest BCUT2D eigenvalue weighted by atomic mass is 9.99. The van der Waals surface area contributed by atoms with Crippen molar-refractivity contribution in [1.29, 1.82) is 0 Å². The van der Waals surface area contributed by atoms with E-state index in [0.29, 0.717) is 12.0 Å². The molecule has 2 aromatic rings. The van der Waals surface area contributed by atoms with E-state index in [9.17, 15) is 4.39 Å². The lowest BCUT2D eigenvalue weighted by Gasteiger charge is -2.20. The minimum atomic E-state index is -0.185. The van der Waals surface area contributed by atoms with Gasteiger partial charge in [-0.05, 0) is 65.1 Å². The van der Waals surface area contributed by atoms with Crippen molar-refractivity contribution in [2.75, 3.05) is 6.54 Å². The summed E-state index contributed by atoms with van der Waals surface area (Å²) in [6.07, 6.45) is 5.27. The van der Waals surface area contributed by atoms with Crippen LogP contribution >= 0.6 is 31.9 Å². The summed E-state index contributed by atoms with van der Waals surface area (Å²) in [6, 6.07) is 7.01. The van der Waals surface area contributed by atoms with Gasteiger partial charge in [-0.25, -0.2) is 4.39 Å². The molecule has 1 heterocycles. The fourth-order valence-electron chi connectivity index (χ4n) is 2.20. The molecule has 1 aromatic heterocycles. The second kappa shape index (κ2) is 8.01. The first-order valence-electron chi connectivity index (χ1n) is 6.88. The largest absolute Gasteiger partial charge is 0.310 e. The molecule has 112 valence electrons. The predicted molar refractivity (Wildman–Crippen MR) is 90.8 cm³/mol. The van der Waals surface area contributed by atoms with Gasteiger partial charge >= 0.3 is 0 Å². The molecule has 2 rings (SSSR count). The van der Waals surface area contributed by atoms with Crippen molar-refractivity contribution in [3.63, 3.8) is 0 Å². The van der Waals surface area contributed by atoms with E-state index in [-0.39, 0.29) is 11.9 Å². The molecule has 0 spiro atoms. The number of hydrogen-bond donors (Lipinski definition) is 1. The minimum Gasteiger partial charge on any atom is -0.310 e. The van der Waals surface area contributed by atoms with Gasteiger partial charge in [0.05, 0.1) is 0 Å². The zero-order valence-electron chi connectivity index (χ0n) is 11.7. The Hall–Kier alpha value is -0.780. The van der Waals surface area contributed by atoms with Crippen molar-refractivity contribution in [3.8, 4) is 0 Å². The highest BCUT2D eigenvalue weighted by molar-refractivity contribution is 9.10. The summed E-state index contributed by atoms with van der Waals surface area (Å²) in [7, 11) is 0. The van der Waals surface area contributed by atoms with E-state index in [2.05, 4.69) is 49.1 Å². The molecule has 0 amide bonds. The van der Waals surface area contributed by atoms with Gasteiger partial charge in [0.25, 0.3) is 0 Å². The highest BCUT2D eigenvalue weighted by atomic mass is 79.9. The third kappa shape index (κ3) is 4.87. The molecular weight excluding hydrogens is 399 g/mol. The van der Waals surface area contributed by atoms with Crippen LogP contribution in [0.25, 0.3) is 0 Å². The van der Waals surface area contributed by atoms with Crippen molar-refractivity contribution in [2.45, 2.75) is 25.8 Å². The highest BCUT2D eigenvalue weighted by Gasteiger charge is 2.16. The first-order valence-corrected chi connectivity index (χ1v) is 8.46. The third-order valence-electron chi connectivity index (χ3n) is 3.18. The maximum absolute atomic E-state index is 14.1. The fraction of sp³-hybridized carbons (Fsp3) is 0.312. The Kier molecular flexibility index (Phi) is 6.33. The Morgan fingerprint density at radius 2 is 2.00 bits per heavy atom. The Labute approximate surface area is 141 Å². The average molecular weight is 416 g/mol. The number of aromatic nitrogens is 1. The maximum Gasteiger partial charge on any atom is 0.128 e. The Bertz CT molecular complexity index is 605. The molecule has 5 heteroatoms. The van der Waals surface area contributed by atoms with E-state index in [4.69, 9.17) is 0 Å². The number of nitrogens with zero attached hydrogens (tertiary/aromatic N) is 1. The van der Waals surface area contributed by atoms with E-state index in [0.717, 1.165) is 27.5 Å². The van der Waals surface area contributed by atoms with E-state index in [1.165, 1.54) is 6.07 Å². The van der Waals surface area contributed by atoms with Crippen LogP contribution in [-0.4, -0.2) is 11.5 Å². The van der Waals surface area contributed by atoms with Crippen LogP contribution in [0.2, 0.25) is 0 Å². The van der Waals surface area contributed by atoms with Crippen LogP contribution in [0.5, 0.6) is 0 Å². The molecule has 0 aliphatic rings. The van der Waals surface area contributed by atoms with Crippen LogP contribution in [0.1, 0.15) is 30.5 Å². The second-order valence-corrected chi connectivity index (χ2v) is 6.72. The first kappa shape index (κ1) is 16.6. The molecule has 0 radical (unpaired) electrons. The van der Waals surface area contributed by atoms with E-state index in [1.54, 1.807) is 12.3 Å². The van der Waals surface area contributed by atoms with Gasteiger partial charge < -0.3 is 5.32 Å². The molecule has 0 fully saturated rings. The molecule has 1 unspecified atom stereocenters. The van der Waals surface area contributed by atoms with Crippen LogP contribution in [-0.2, 0) is 6.42 Å². The molecule has 1 aromatic carbocycles. The van der Waals surface area contributed by atoms with E-state index >= 15 is 0 Å². The quantitative estimate of drug-likeness (QED) is 0.715. The summed E-state index contributed by atoms with van der Waals surface area (Å²) >= 11 is 6.84. The van der Waals surface area contributed by atoms with Crippen LogP contribution in [0.3, 0.4) is 0 Å². The number of pyridine rings is 1. The molecule has 2 nitrogen and oxygen atoms in total. The molecule has 0 bridgehead atoms. The number of rotatable bonds is 6. The Balaban J connectivity index is 2.27. The number of benzene rings is 1. The molecular formula is C16H17Br2FN2. The molecule has 0 saturated heterocycles. The summed E-state index contributed by atoms with van der Waals surface area (Å²) < 4.78 is 16.0. The number of nitrogens with one attached hydrogen (secondary N) is 1. The van der Waals surface area contributed by atoms with Crippen LogP contribution < -0.4 is 5.32 Å². The van der Waals surface area contributed by atoms with Crippen molar-refractivity contribution in [2.24, 2.45) is 0 Å². The first-order chi connectivity index (χ1) is 10.1.